The van der Waals surface area contributed by atoms with Crippen molar-refractivity contribution < 1.29 is 4.74 Å². The molecule has 1 heterocycles. The molecule has 0 saturated heterocycles. The second-order valence-electron chi connectivity index (χ2n) is 4.03. The first-order chi connectivity index (χ1) is 9.86. The predicted octanol–water partition coefficient (Wildman–Crippen LogP) is 2.83. The van der Waals surface area contributed by atoms with E-state index in [1.54, 1.807) is 30.2 Å². The maximum atomic E-state index is 5.02. The van der Waals surface area contributed by atoms with Crippen LogP contribution in [0, 0.1) is 0 Å². The molecule has 2 N–H and O–H groups in total. The third-order valence-electron chi connectivity index (χ3n) is 2.37. The second-order valence-corrected chi connectivity index (χ2v) is 6.27. The van der Waals surface area contributed by atoms with E-state index >= 15 is 0 Å². The number of halogens is 1. The number of thioether (sulfide) groups is 1. The van der Waals surface area contributed by atoms with Gasteiger partial charge in [-0.2, -0.15) is 0 Å². The molecule has 0 aromatic carbocycles. The zero-order valence-electron chi connectivity index (χ0n) is 12.6. The zero-order chi connectivity index (χ0) is 14.5. The van der Waals surface area contributed by atoms with Crippen LogP contribution in [0.3, 0.4) is 0 Å². The van der Waals surface area contributed by atoms with Crippen molar-refractivity contribution in [2.24, 2.45) is 4.99 Å². The lowest BCUT2D eigenvalue weighted by molar-refractivity contribution is 0.195. The third kappa shape index (κ3) is 11.2. The topological polar surface area (TPSA) is 58.5 Å². The molecule has 1 rings (SSSR count). The van der Waals surface area contributed by atoms with E-state index in [2.05, 4.69) is 27.5 Å². The van der Waals surface area contributed by atoms with E-state index in [1.807, 2.05) is 11.6 Å². The van der Waals surface area contributed by atoms with Crippen LogP contribution < -0.4 is 10.6 Å². The minimum Gasteiger partial charge on any atom is -0.385 e. The fourth-order valence-corrected chi connectivity index (χ4v) is 3.09. The van der Waals surface area contributed by atoms with Crippen LogP contribution in [0.25, 0.3) is 0 Å². The molecule has 0 radical (unpaired) electrons. The van der Waals surface area contributed by atoms with Crippen LogP contribution in [0.2, 0.25) is 0 Å². The molecule has 0 spiro atoms. The Balaban J connectivity index is 0.00000400. The van der Waals surface area contributed by atoms with Crippen molar-refractivity contribution in [1.82, 2.24) is 15.6 Å². The smallest absolute Gasteiger partial charge is 0.191 e. The molecule has 21 heavy (non-hydrogen) atoms. The highest BCUT2D eigenvalue weighted by atomic mass is 127. The van der Waals surface area contributed by atoms with Crippen LogP contribution in [0.1, 0.15) is 19.8 Å². The monoisotopic (exact) mass is 444 g/mol. The molecule has 8 heteroatoms. The summed E-state index contributed by atoms with van der Waals surface area (Å²) in [6, 6.07) is 0. The van der Waals surface area contributed by atoms with Crippen molar-refractivity contribution >= 4 is 53.0 Å². The zero-order valence-corrected chi connectivity index (χ0v) is 16.6. The summed E-state index contributed by atoms with van der Waals surface area (Å²) in [5, 5.41) is 8.55. The number of guanidine groups is 1. The van der Waals surface area contributed by atoms with E-state index in [1.165, 1.54) is 0 Å². The van der Waals surface area contributed by atoms with Crippen LogP contribution in [0.4, 0.5) is 0 Å². The lowest BCUT2D eigenvalue weighted by atomic mass is 10.4. The van der Waals surface area contributed by atoms with Crippen LogP contribution in [0.5, 0.6) is 0 Å². The Morgan fingerprint density at radius 3 is 2.95 bits per heavy atom. The molecule has 0 saturated carbocycles. The first-order valence-corrected chi connectivity index (χ1v) is 8.76. The van der Waals surface area contributed by atoms with E-state index in [0.29, 0.717) is 0 Å². The fourth-order valence-electron chi connectivity index (χ4n) is 1.46. The van der Waals surface area contributed by atoms with Gasteiger partial charge in [0, 0.05) is 50.7 Å². The van der Waals surface area contributed by atoms with Gasteiger partial charge in [0.25, 0.3) is 0 Å². The van der Waals surface area contributed by atoms with Crippen molar-refractivity contribution in [3.8, 4) is 0 Å². The number of aliphatic imine (C=N–C) groups is 1. The molecule has 122 valence electrons. The molecule has 0 amide bonds. The van der Waals surface area contributed by atoms with Crippen molar-refractivity contribution in [1.29, 1.82) is 0 Å². The van der Waals surface area contributed by atoms with Crippen LogP contribution >= 0.6 is 47.1 Å². The quantitative estimate of drug-likeness (QED) is 0.191. The molecule has 5 nitrogen and oxygen atoms in total. The standard InChI is InChI=1S/C13H24N4OS2.HI/c1-3-14-12(15-6-4-9-18-2)16-7-5-10-19-13-17-8-11-20-13;/h8,11H,3-7,9-10H2,1-2H3,(H2,14,15,16);1H. The summed E-state index contributed by atoms with van der Waals surface area (Å²) in [6.07, 6.45) is 3.89. The molecule has 0 fully saturated rings. The second kappa shape index (κ2) is 14.9. The van der Waals surface area contributed by atoms with Crippen LogP contribution in [-0.4, -0.2) is 50.0 Å². The average Bonchev–Trinajstić information content (AvgIpc) is 2.96. The van der Waals surface area contributed by atoms with Gasteiger partial charge in [0.05, 0.1) is 0 Å². The molecule has 0 aliphatic heterocycles. The fraction of sp³-hybridized carbons (Fsp3) is 0.692. The minimum atomic E-state index is 0. The summed E-state index contributed by atoms with van der Waals surface area (Å²) in [5.41, 5.74) is 0. The highest BCUT2D eigenvalue weighted by molar-refractivity contribution is 14.0. The van der Waals surface area contributed by atoms with Crippen molar-refractivity contribution in [3.05, 3.63) is 11.6 Å². The first kappa shape index (κ1) is 20.9. The number of nitrogens with one attached hydrogen (secondary N) is 2. The minimum absolute atomic E-state index is 0. The van der Waals surface area contributed by atoms with Gasteiger partial charge in [-0.3, -0.25) is 4.99 Å². The first-order valence-electron chi connectivity index (χ1n) is 6.90. The number of hydrogen-bond donors (Lipinski definition) is 2. The van der Waals surface area contributed by atoms with Gasteiger partial charge in [-0.25, -0.2) is 4.98 Å². The van der Waals surface area contributed by atoms with Gasteiger partial charge in [-0.05, 0) is 19.8 Å². The third-order valence-corrected chi connectivity index (χ3v) is 4.42. The molecule has 0 unspecified atom stereocenters. The molecule has 0 bridgehead atoms. The van der Waals surface area contributed by atoms with E-state index in [4.69, 9.17) is 4.74 Å². The van der Waals surface area contributed by atoms with Crippen LogP contribution in [0.15, 0.2) is 20.9 Å². The SMILES string of the molecule is CCNC(=NCCCSc1nccs1)NCCCOC.I. The largest absolute Gasteiger partial charge is 0.385 e. The summed E-state index contributed by atoms with van der Waals surface area (Å²) < 4.78 is 6.16. The number of thiazole rings is 1. The molecule has 1 aromatic rings. The van der Waals surface area contributed by atoms with Gasteiger partial charge >= 0.3 is 0 Å². The molecule has 1 aromatic heterocycles. The normalized spacial score (nSPS) is 11.0. The lowest BCUT2D eigenvalue weighted by Gasteiger charge is -2.10. The van der Waals surface area contributed by atoms with E-state index in [0.717, 1.165) is 55.1 Å². The molecular weight excluding hydrogens is 419 g/mol. The van der Waals surface area contributed by atoms with Gasteiger partial charge in [0.15, 0.2) is 5.96 Å². The van der Waals surface area contributed by atoms with E-state index in [-0.39, 0.29) is 24.0 Å². The Hall–Kier alpha value is -0.0600. The molecule has 0 aliphatic rings. The van der Waals surface area contributed by atoms with E-state index in [9.17, 15) is 0 Å². The van der Waals surface area contributed by atoms with Gasteiger partial charge < -0.3 is 15.4 Å². The summed E-state index contributed by atoms with van der Waals surface area (Å²) >= 11 is 3.49. The number of hydrogen-bond acceptors (Lipinski definition) is 5. The maximum Gasteiger partial charge on any atom is 0.191 e. The summed E-state index contributed by atoms with van der Waals surface area (Å²) in [4.78, 5) is 8.80. The average molecular weight is 444 g/mol. The highest BCUT2D eigenvalue weighted by Gasteiger charge is 1.98. The van der Waals surface area contributed by atoms with Crippen LogP contribution in [-0.2, 0) is 4.74 Å². The maximum absolute atomic E-state index is 5.02. The summed E-state index contributed by atoms with van der Waals surface area (Å²) in [5.74, 6) is 1.95. The number of aromatic nitrogens is 1. The Morgan fingerprint density at radius 1 is 1.43 bits per heavy atom. The summed E-state index contributed by atoms with van der Waals surface area (Å²) in [6.45, 7) is 5.44. The molecule has 0 atom stereocenters. The van der Waals surface area contributed by atoms with Gasteiger partial charge in [0.1, 0.15) is 4.34 Å². The Morgan fingerprint density at radius 2 is 2.29 bits per heavy atom. The molecule has 0 aliphatic carbocycles. The van der Waals surface area contributed by atoms with Gasteiger partial charge in [-0.15, -0.1) is 35.3 Å². The van der Waals surface area contributed by atoms with Crippen molar-refractivity contribution in [2.75, 3.05) is 39.1 Å². The lowest BCUT2D eigenvalue weighted by Crippen LogP contribution is -2.38. The van der Waals surface area contributed by atoms with Gasteiger partial charge in [0.2, 0.25) is 0 Å². The highest BCUT2D eigenvalue weighted by Crippen LogP contribution is 2.20. The Labute approximate surface area is 152 Å². The summed E-state index contributed by atoms with van der Waals surface area (Å²) in [7, 11) is 1.72. The number of ether oxygens (including phenoxy) is 1. The molecular formula is C13H25IN4OS2. The van der Waals surface area contributed by atoms with E-state index < -0.39 is 0 Å². The van der Waals surface area contributed by atoms with Crippen molar-refractivity contribution in [3.63, 3.8) is 0 Å². The Bertz CT molecular complexity index is 363. The Kier molecular flexibility index (Phi) is 14.8. The number of rotatable bonds is 10. The number of methoxy groups -OCH3 is 1. The predicted molar refractivity (Wildman–Crippen MR) is 103 cm³/mol. The number of nitrogens with zero attached hydrogens (tertiary/aromatic N) is 2. The van der Waals surface area contributed by atoms with Gasteiger partial charge in [-0.1, -0.05) is 11.8 Å². The van der Waals surface area contributed by atoms with Crippen molar-refractivity contribution in [2.45, 2.75) is 24.1 Å².